The molecule has 1 heterocycles. The van der Waals surface area contributed by atoms with Gasteiger partial charge in [-0.3, -0.25) is 14.5 Å². The third kappa shape index (κ3) is 3.93. The van der Waals surface area contributed by atoms with Crippen molar-refractivity contribution in [2.24, 2.45) is 5.73 Å². The second kappa shape index (κ2) is 6.55. The van der Waals surface area contributed by atoms with Gasteiger partial charge in [-0.1, -0.05) is 6.07 Å². The minimum Gasteiger partial charge on any atom is -0.399 e. The second-order valence-corrected chi connectivity index (χ2v) is 5.09. The maximum Gasteiger partial charge on any atom is 0.238 e. The van der Waals surface area contributed by atoms with Gasteiger partial charge in [0.2, 0.25) is 11.8 Å². The van der Waals surface area contributed by atoms with Crippen LogP contribution in [0.15, 0.2) is 18.2 Å². The van der Waals surface area contributed by atoms with Crippen molar-refractivity contribution in [2.45, 2.75) is 13.0 Å². The van der Waals surface area contributed by atoms with Crippen LogP contribution in [0.25, 0.3) is 0 Å². The first-order valence-electron chi connectivity index (χ1n) is 6.74. The Balaban J connectivity index is 2.00. The lowest BCUT2D eigenvalue weighted by atomic mass is 10.1. The minimum absolute atomic E-state index is 0.0885. The zero-order valence-electron chi connectivity index (χ0n) is 12.0. The largest absolute Gasteiger partial charge is 0.399 e. The number of primary amides is 1. The van der Waals surface area contributed by atoms with Crippen LogP contribution in [0.4, 0.5) is 11.4 Å². The zero-order chi connectivity index (χ0) is 15.4. The molecule has 1 saturated heterocycles. The normalized spacial score (nSPS) is 19.2. The number of nitrogens with two attached hydrogens (primary N) is 2. The van der Waals surface area contributed by atoms with Gasteiger partial charge in [0.1, 0.15) is 6.04 Å². The molecule has 1 fully saturated rings. The fraction of sp³-hybridized carbons (Fsp3) is 0.429. The zero-order valence-corrected chi connectivity index (χ0v) is 12.0. The van der Waals surface area contributed by atoms with Crippen LogP contribution in [0.5, 0.6) is 0 Å². The number of nitrogens with zero attached hydrogens (tertiary/aromatic N) is 1. The van der Waals surface area contributed by atoms with Crippen molar-refractivity contribution < 1.29 is 14.3 Å². The van der Waals surface area contributed by atoms with E-state index in [9.17, 15) is 9.59 Å². The number of nitrogen functional groups attached to an aromatic ring is 1. The van der Waals surface area contributed by atoms with Crippen LogP contribution in [0.1, 0.15) is 5.56 Å². The average molecular weight is 292 g/mol. The van der Waals surface area contributed by atoms with E-state index < -0.39 is 11.9 Å². The molecule has 1 atom stereocenters. The molecule has 0 bridgehead atoms. The maximum atomic E-state index is 12.1. The predicted molar refractivity (Wildman–Crippen MR) is 79.6 cm³/mol. The Bertz CT molecular complexity index is 547. The third-order valence-electron chi connectivity index (χ3n) is 3.45. The number of hydrogen-bond donors (Lipinski definition) is 3. The van der Waals surface area contributed by atoms with E-state index in [-0.39, 0.29) is 19.1 Å². The van der Waals surface area contributed by atoms with E-state index in [2.05, 4.69) is 5.32 Å². The van der Waals surface area contributed by atoms with Gasteiger partial charge in [0.05, 0.1) is 19.8 Å². The van der Waals surface area contributed by atoms with Gasteiger partial charge in [-0.2, -0.15) is 0 Å². The molecule has 1 aliphatic rings. The average Bonchev–Trinajstić information content (AvgIpc) is 2.43. The Labute approximate surface area is 123 Å². The minimum atomic E-state index is -0.563. The Morgan fingerprint density at radius 2 is 2.24 bits per heavy atom. The SMILES string of the molecule is Cc1ccc(N)cc1NC(=O)CN1CCOCC1C(N)=O. The summed E-state index contributed by atoms with van der Waals surface area (Å²) in [4.78, 5) is 25.2. The Hall–Kier alpha value is -2.12. The molecule has 1 aromatic rings. The topological polar surface area (TPSA) is 111 Å². The first-order chi connectivity index (χ1) is 9.97. The number of nitrogens with one attached hydrogen (secondary N) is 1. The molecule has 1 unspecified atom stereocenters. The summed E-state index contributed by atoms with van der Waals surface area (Å²) >= 11 is 0. The summed E-state index contributed by atoms with van der Waals surface area (Å²) in [6.07, 6.45) is 0. The molecule has 114 valence electrons. The molecule has 7 nitrogen and oxygen atoms in total. The lowest BCUT2D eigenvalue weighted by Crippen LogP contribution is -2.54. The maximum absolute atomic E-state index is 12.1. The lowest BCUT2D eigenvalue weighted by molar-refractivity contribution is -0.131. The van der Waals surface area contributed by atoms with Crippen molar-refractivity contribution in [3.63, 3.8) is 0 Å². The summed E-state index contributed by atoms with van der Waals surface area (Å²) in [5.74, 6) is -0.695. The fourth-order valence-corrected chi connectivity index (χ4v) is 2.24. The number of morpholine rings is 1. The first kappa shape index (κ1) is 15.3. The van der Waals surface area contributed by atoms with Gasteiger partial charge in [0, 0.05) is 17.9 Å². The quantitative estimate of drug-likeness (QED) is 0.660. The van der Waals surface area contributed by atoms with Crippen LogP contribution >= 0.6 is 0 Å². The van der Waals surface area contributed by atoms with Gasteiger partial charge in [0.25, 0.3) is 0 Å². The monoisotopic (exact) mass is 292 g/mol. The van der Waals surface area contributed by atoms with E-state index in [1.54, 1.807) is 17.0 Å². The van der Waals surface area contributed by atoms with Crippen LogP contribution in [0, 0.1) is 6.92 Å². The fourth-order valence-electron chi connectivity index (χ4n) is 2.24. The smallest absolute Gasteiger partial charge is 0.238 e. The van der Waals surface area contributed by atoms with Crippen LogP contribution in [-0.4, -0.2) is 49.1 Å². The molecule has 0 saturated carbocycles. The summed E-state index contributed by atoms with van der Waals surface area (Å²) in [7, 11) is 0. The predicted octanol–water partition coefficient (Wildman–Crippen LogP) is -0.298. The number of rotatable bonds is 4. The lowest BCUT2D eigenvalue weighted by Gasteiger charge is -2.32. The van der Waals surface area contributed by atoms with Crippen molar-refractivity contribution in [3.05, 3.63) is 23.8 Å². The molecule has 5 N–H and O–H groups in total. The number of amides is 2. The summed E-state index contributed by atoms with van der Waals surface area (Å²) in [5.41, 5.74) is 13.2. The number of aryl methyl sites for hydroxylation is 1. The molecule has 1 aromatic carbocycles. The van der Waals surface area contributed by atoms with Crippen molar-refractivity contribution in [2.75, 3.05) is 37.4 Å². The van der Waals surface area contributed by atoms with Crippen molar-refractivity contribution in [3.8, 4) is 0 Å². The third-order valence-corrected chi connectivity index (χ3v) is 3.45. The standard InChI is InChI=1S/C14H20N4O3/c1-9-2-3-10(15)6-11(9)17-13(19)7-18-4-5-21-8-12(18)14(16)20/h2-3,6,12H,4-5,7-8,15H2,1H3,(H2,16,20)(H,17,19). The van der Waals surface area contributed by atoms with Gasteiger partial charge in [-0.05, 0) is 24.6 Å². The van der Waals surface area contributed by atoms with Gasteiger partial charge >= 0.3 is 0 Å². The number of carbonyl (C=O) groups excluding carboxylic acids is 2. The number of anilines is 2. The summed E-state index contributed by atoms with van der Waals surface area (Å²) in [6, 6.07) is 4.76. The van der Waals surface area contributed by atoms with E-state index in [1.165, 1.54) is 0 Å². The Morgan fingerprint density at radius 3 is 2.95 bits per heavy atom. The van der Waals surface area contributed by atoms with Crippen LogP contribution in [0.2, 0.25) is 0 Å². The number of ether oxygens (including phenoxy) is 1. The molecule has 0 spiro atoms. The molecule has 1 aliphatic heterocycles. The molecular weight excluding hydrogens is 272 g/mol. The molecule has 7 heteroatoms. The van der Waals surface area contributed by atoms with Crippen molar-refractivity contribution in [1.82, 2.24) is 4.90 Å². The number of carbonyl (C=O) groups is 2. The highest BCUT2D eigenvalue weighted by atomic mass is 16.5. The highest BCUT2D eigenvalue weighted by Gasteiger charge is 2.29. The van der Waals surface area contributed by atoms with E-state index in [0.717, 1.165) is 5.56 Å². The van der Waals surface area contributed by atoms with Gasteiger partial charge in [0.15, 0.2) is 0 Å². The van der Waals surface area contributed by atoms with Crippen LogP contribution in [-0.2, 0) is 14.3 Å². The van der Waals surface area contributed by atoms with Crippen LogP contribution < -0.4 is 16.8 Å². The molecule has 21 heavy (non-hydrogen) atoms. The van der Waals surface area contributed by atoms with Crippen molar-refractivity contribution >= 4 is 23.2 Å². The molecular formula is C14H20N4O3. The van der Waals surface area contributed by atoms with E-state index in [4.69, 9.17) is 16.2 Å². The van der Waals surface area contributed by atoms with E-state index in [1.807, 2.05) is 13.0 Å². The van der Waals surface area contributed by atoms with E-state index in [0.29, 0.717) is 24.5 Å². The Kier molecular flexibility index (Phi) is 4.77. The Morgan fingerprint density at radius 1 is 1.48 bits per heavy atom. The highest BCUT2D eigenvalue weighted by Crippen LogP contribution is 2.18. The second-order valence-electron chi connectivity index (χ2n) is 5.09. The molecule has 0 aliphatic carbocycles. The molecule has 0 radical (unpaired) electrons. The molecule has 0 aromatic heterocycles. The van der Waals surface area contributed by atoms with Crippen molar-refractivity contribution in [1.29, 1.82) is 0 Å². The molecule has 2 amide bonds. The molecule has 2 rings (SSSR count). The number of benzene rings is 1. The summed E-state index contributed by atoms with van der Waals surface area (Å²) < 4.78 is 5.22. The van der Waals surface area contributed by atoms with Gasteiger partial charge in [-0.25, -0.2) is 0 Å². The van der Waals surface area contributed by atoms with Gasteiger partial charge < -0.3 is 21.5 Å². The summed E-state index contributed by atoms with van der Waals surface area (Å²) in [6.45, 7) is 3.17. The summed E-state index contributed by atoms with van der Waals surface area (Å²) in [5, 5.41) is 2.80. The highest BCUT2D eigenvalue weighted by molar-refractivity contribution is 5.94. The van der Waals surface area contributed by atoms with Crippen LogP contribution in [0.3, 0.4) is 0 Å². The first-order valence-corrected chi connectivity index (χ1v) is 6.74. The van der Waals surface area contributed by atoms with Gasteiger partial charge in [-0.15, -0.1) is 0 Å². The number of hydrogen-bond acceptors (Lipinski definition) is 5. The van der Waals surface area contributed by atoms with E-state index >= 15 is 0 Å².